The highest BCUT2D eigenvalue weighted by atomic mass is 79.9. The Labute approximate surface area is 131 Å². The van der Waals surface area contributed by atoms with Gasteiger partial charge in [-0.05, 0) is 63.2 Å². The zero-order chi connectivity index (χ0) is 13.9. The molecule has 0 saturated heterocycles. The summed E-state index contributed by atoms with van der Waals surface area (Å²) in [6.07, 6.45) is 1.83. The van der Waals surface area contributed by atoms with Gasteiger partial charge >= 0.3 is 0 Å². The maximum absolute atomic E-state index is 4.38. The number of rotatable bonds is 4. The van der Waals surface area contributed by atoms with Gasteiger partial charge in [-0.1, -0.05) is 19.1 Å². The van der Waals surface area contributed by atoms with Crippen LogP contribution in [0, 0.1) is 0 Å². The molecular formula is C16H15BrN2S. The SMILES string of the molecule is CCNC(c1csc(Br)c1)c1ccc2ncccc2c1. The summed E-state index contributed by atoms with van der Waals surface area (Å²) in [5.74, 6) is 0. The van der Waals surface area contributed by atoms with Gasteiger partial charge in [0.05, 0.1) is 15.3 Å². The van der Waals surface area contributed by atoms with Crippen LogP contribution >= 0.6 is 27.3 Å². The Kier molecular flexibility index (Phi) is 4.15. The molecule has 102 valence electrons. The molecule has 0 amide bonds. The van der Waals surface area contributed by atoms with Crippen LogP contribution in [-0.4, -0.2) is 11.5 Å². The minimum atomic E-state index is 0.229. The summed E-state index contributed by atoms with van der Waals surface area (Å²) in [5.41, 5.74) is 3.61. The molecule has 0 aliphatic rings. The number of thiophene rings is 1. The normalized spacial score (nSPS) is 12.7. The van der Waals surface area contributed by atoms with Gasteiger partial charge in [0.15, 0.2) is 0 Å². The van der Waals surface area contributed by atoms with E-state index < -0.39 is 0 Å². The van der Waals surface area contributed by atoms with Gasteiger partial charge in [-0.15, -0.1) is 11.3 Å². The molecule has 0 aliphatic carbocycles. The summed E-state index contributed by atoms with van der Waals surface area (Å²) in [6, 6.07) is 13.0. The van der Waals surface area contributed by atoms with E-state index in [2.05, 4.69) is 68.9 Å². The highest BCUT2D eigenvalue weighted by Crippen LogP contribution is 2.30. The Morgan fingerprint density at radius 3 is 2.90 bits per heavy atom. The lowest BCUT2D eigenvalue weighted by molar-refractivity contribution is 0.633. The predicted octanol–water partition coefficient (Wildman–Crippen LogP) is 4.76. The minimum Gasteiger partial charge on any atom is -0.307 e. The second-order valence-electron chi connectivity index (χ2n) is 4.63. The quantitative estimate of drug-likeness (QED) is 0.736. The molecule has 0 spiro atoms. The second-order valence-corrected chi connectivity index (χ2v) is 6.92. The van der Waals surface area contributed by atoms with Crippen molar-refractivity contribution in [3.63, 3.8) is 0 Å². The highest BCUT2D eigenvalue weighted by molar-refractivity contribution is 9.11. The third-order valence-electron chi connectivity index (χ3n) is 3.29. The summed E-state index contributed by atoms with van der Waals surface area (Å²) in [7, 11) is 0. The molecule has 20 heavy (non-hydrogen) atoms. The van der Waals surface area contributed by atoms with Crippen molar-refractivity contribution in [2.45, 2.75) is 13.0 Å². The molecule has 0 bridgehead atoms. The van der Waals surface area contributed by atoms with Crippen LogP contribution in [0.3, 0.4) is 0 Å². The van der Waals surface area contributed by atoms with Crippen molar-refractivity contribution < 1.29 is 0 Å². The molecule has 1 atom stereocenters. The van der Waals surface area contributed by atoms with Gasteiger partial charge < -0.3 is 5.32 Å². The van der Waals surface area contributed by atoms with Crippen LogP contribution in [-0.2, 0) is 0 Å². The fourth-order valence-electron chi connectivity index (χ4n) is 2.38. The van der Waals surface area contributed by atoms with E-state index in [1.165, 1.54) is 16.5 Å². The van der Waals surface area contributed by atoms with Crippen LogP contribution in [0.2, 0.25) is 0 Å². The van der Waals surface area contributed by atoms with Gasteiger partial charge in [0, 0.05) is 11.6 Å². The number of aromatic nitrogens is 1. The van der Waals surface area contributed by atoms with E-state index in [-0.39, 0.29) is 6.04 Å². The third kappa shape index (κ3) is 2.77. The minimum absolute atomic E-state index is 0.229. The first kappa shape index (κ1) is 13.7. The lowest BCUT2D eigenvalue weighted by atomic mass is 9.99. The first-order chi connectivity index (χ1) is 9.78. The smallest absolute Gasteiger partial charge is 0.0702 e. The van der Waals surface area contributed by atoms with E-state index in [9.17, 15) is 0 Å². The zero-order valence-electron chi connectivity index (χ0n) is 11.1. The van der Waals surface area contributed by atoms with Crippen LogP contribution < -0.4 is 5.32 Å². The fraction of sp³-hybridized carbons (Fsp3) is 0.188. The largest absolute Gasteiger partial charge is 0.307 e. The summed E-state index contributed by atoms with van der Waals surface area (Å²) in [4.78, 5) is 4.38. The van der Waals surface area contributed by atoms with Gasteiger partial charge in [-0.25, -0.2) is 0 Å². The Morgan fingerprint density at radius 1 is 1.25 bits per heavy atom. The predicted molar refractivity (Wildman–Crippen MR) is 89.3 cm³/mol. The van der Waals surface area contributed by atoms with Gasteiger partial charge in [0.25, 0.3) is 0 Å². The molecule has 3 aromatic rings. The number of nitrogens with zero attached hydrogens (tertiary/aromatic N) is 1. The van der Waals surface area contributed by atoms with Crippen molar-refractivity contribution in [3.8, 4) is 0 Å². The fourth-order valence-corrected chi connectivity index (χ4v) is 3.58. The van der Waals surface area contributed by atoms with Crippen LogP contribution in [0.25, 0.3) is 10.9 Å². The van der Waals surface area contributed by atoms with E-state index in [1.807, 2.05) is 12.3 Å². The van der Waals surface area contributed by atoms with E-state index in [0.717, 1.165) is 15.8 Å². The Balaban J connectivity index is 2.04. The Hall–Kier alpha value is -1.23. The molecule has 1 N–H and O–H groups in total. The molecule has 4 heteroatoms. The van der Waals surface area contributed by atoms with Crippen LogP contribution in [0.4, 0.5) is 0 Å². The summed E-state index contributed by atoms with van der Waals surface area (Å²) < 4.78 is 1.16. The molecule has 1 unspecified atom stereocenters. The van der Waals surface area contributed by atoms with E-state index >= 15 is 0 Å². The molecule has 0 aliphatic heterocycles. The summed E-state index contributed by atoms with van der Waals surface area (Å²) >= 11 is 5.27. The van der Waals surface area contributed by atoms with Gasteiger partial charge in [-0.2, -0.15) is 0 Å². The third-order valence-corrected chi connectivity index (χ3v) is 4.81. The van der Waals surface area contributed by atoms with Gasteiger partial charge in [0.2, 0.25) is 0 Å². The Bertz CT molecular complexity index is 723. The lowest BCUT2D eigenvalue weighted by Crippen LogP contribution is -2.21. The van der Waals surface area contributed by atoms with Crippen molar-refractivity contribution in [1.82, 2.24) is 10.3 Å². The van der Waals surface area contributed by atoms with E-state index in [1.54, 1.807) is 11.3 Å². The maximum atomic E-state index is 4.38. The standard InChI is InChI=1S/C16H15BrN2S/c1-2-18-16(13-9-15(17)20-10-13)12-5-6-14-11(8-12)4-3-7-19-14/h3-10,16,18H,2H2,1H3. The molecule has 3 rings (SSSR count). The number of hydrogen-bond acceptors (Lipinski definition) is 3. The molecule has 2 heterocycles. The lowest BCUT2D eigenvalue weighted by Gasteiger charge is -2.17. The van der Waals surface area contributed by atoms with Crippen molar-refractivity contribution in [3.05, 3.63) is 62.9 Å². The van der Waals surface area contributed by atoms with Crippen molar-refractivity contribution in [2.24, 2.45) is 0 Å². The number of halogens is 1. The number of pyridine rings is 1. The number of nitrogens with one attached hydrogen (secondary N) is 1. The van der Waals surface area contributed by atoms with Crippen LogP contribution in [0.15, 0.2) is 51.8 Å². The molecule has 2 aromatic heterocycles. The van der Waals surface area contributed by atoms with Crippen molar-refractivity contribution in [2.75, 3.05) is 6.54 Å². The van der Waals surface area contributed by atoms with Gasteiger partial charge in [-0.3, -0.25) is 4.98 Å². The highest BCUT2D eigenvalue weighted by Gasteiger charge is 2.14. The van der Waals surface area contributed by atoms with Crippen molar-refractivity contribution >= 4 is 38.2 Å². The average Bonchev–Trinajstić information content (AvgIpc) is 2.90. The molecule has 0 saturated carbocycles. The van der Waals surface area contributed by atoms with E-state index in [0.29, 0.717) is 0 Å². The van der Waals surface area contributed by atoms with E-state index in [4.69, 9.17) is 0 Å². The topological polar surface area (TPSA) is 24.9 Å². The molecule has 0 fully saturated rings. The van der Waals surface area contributed by atoms with Gasteiger partial charge in [0.1, 0.15) is 0 Å². The number of benzene rings is 1. The second kappa shape index (κ2) is 6.04. The summed E-state index contributed by atoms with van der Waals surface area (Å²) in [6.45, 7) is 3.07. The Morgan fingerprint density at radius 2 is 2.15 bits per heavy atom. The van der Waals surface area contributed by atoms with Crippen LogP contribution in [0.1, 0.15) is 24.1 Å². The molecular weight excluding hydrogens is 332 g/mol. The number of fused-ring (bicyclic) bond motifs is 1. The average molecular weight is 347 g/mol. The monoisotopic (exact) mass is 346 g/mol. The zero-order valence-corrected chi connectivity index (χ0v) is 13.5. The van der Waals surface area contributed by atoms with Crippen molar-refractivity contribution in [1.29, 1.82) is 0 Å². The molecule has 1 aromatic carbocycles. The maximum Gasteiger partial charge on any atom is 0.0702 e. The van der Waals surface area contributed by atoms with Crippen LogP contribution in [0.5, 0.6) is 0 Å². The summed E-state index contributed by atoms with van der Waals surface area (Å²) in [5, 5.41) is 6.94. The first-order valence-electron chi connectivity index (χ1n) is 6.60. The molecule has 2 nitrogen and oxygen atoms in total. The molecule has 0 radical (unpaired) electrons. The number of hydrogen-bond donors (Lipinski definition) is 1. The first-order valence-corrected chi connectivity index (χ1v) is 8.27.